The van der Waals surface area contributed by atoms with Gasteiger partial charge in [-0.1, -0.05) is 20.3 Å². The van der Waals surface area contributed by atoms with Gasteiger partial charge in [-0.3, -0.25) is 9.69 Å². The number of rotatable bonds is 7. The maximum absolute atomic E-state index is 11.9. The third-order valence-corrected chi connectivity index (χ3v) is 4.49. The van der Waals surface area contributed by atoms with Gasteiger partial charge < -0.3 is 16.0 Å². The average Bonchev–Trinajstić information content (AvgIpc) is 2.61. The van der Waals surface area contributed by atoms with E-state index < -0.39 is 6.04 Å². The highest BCUT2D eigenvalue weighted by molar-refractivity contribution is 5.81. The SMILES string of the molecule is CCC(C)C(N)C(=O)NCCN1CCN(c2ncccn2)CC1. The van der Waals surface area contributed by atoms with Crippen molar-refractivity contribution in [3.05, 3.63) is 18.5 Å². The molecule has 1 fully saturated rings. The number of piperazine rings is 1. The molecule has 128 valence electrons. The monoisotopic (exact) mass is 320 g/mol. The van der Waals surface area contributed by atoms with Crippen molar-refractivity contribution in [2.45, 2.75) is 26.3 Å². The second kappa shape index (κ2) is 8.79. The van der Waals surface area contributed by atoms with Crippen LogP contribution in [0, 0.1) is 5.92 Å². The van der Waals surface area contributed by atoms with Gasteiger partial charge in [-0.25, -0.2) is 9.97 Å². The minimum Gasteiger partial charge on any atom is -0.353 e. The summed E-state index contributed by atoms with van der Waals surface area (Å²) >= 11 is 0. The molecule has 3 N–H and O–H groups in total. The van der Waals surface area contributed by atoms with E-state index in [0.717, 1.165) is 45.1 Å². The maximum atomic E-state index is 11.9. The second-order valence-corrected chi connectivity index (χ2v) is 6.08. The molecule has 0 spiro atoms. The van der Waals surface area contributed by atoms with Crippen molar-refractivity contribution >= 4 is 11.9 Å². The molecule has 2 heterocycles. The van der Waals surface area contributed by atoms with Gasteiger partial charge in [0.25, 0.3) is 0 Å². The van der Waals surface area contributed by atoms with E-state index in [9.17, 15) is 4.79 Å². The van der Waals surface area contributed by atoms with Crippen molar-refractivity contribution in [3.8, 4) is 0 Å². The quantitative estimate of drug-likeness (QED) is 0.740. The van der Waals surface area contributed by atoms with Gasteiger partial charge in [-0.05, 0) is 12.0 Å². The first-order valence-corrected chi connectivity index (χ1v) is 8.39. The van der Waals surface area contributed by atoms with Crippen molar-refractivity contribution in [2.75, 3.05) is 44.2 Å². The molecule has 1 saturated heterocycles. The number of amides is 1. The molecule has 0 saturated carbocycles. The Hall–Kier alpha value is -1.73. The van der Waals surface area contributed by atoms with Crippen molar-refractivity contribution in [1.82, 2.24) is 20.2 Å². The zero-order valence-electron chi connectivity index (χ0n) is 14.1. The molecule has 1 amide bonds. The highest BCUT2D eigenvalue weighted by Gasteiger charge is 2.21. The summed E-state index contributed by atoms with van der Waals surface area (Å²) in [5, 5.41) is 2.94. The van der Waals surface area contributed by atoms with Gasteiger partial charge in [0.2, 0.25) is 11.9 Å². The molecule has 23 heavy (non-hydrogen) atoms. The Labute approximate surface area is 138 Å². The molecule has 1 aromatic rings. The lowest BCUT2D eigenvalue weighted by molar-refractivity contribution is -0.123. The summed E-state index contributed by atoms with van der Waals surface area (Å²) in [6.07, 6.45) is 4.45. The fourth-order valence-corrected chi connectivity index (χ4v) is 2.59. The molecule has 1 aliphatic rings. The van der Waals surface area contributed by atoms with Gasteiger partial charge in [-0.2, -0.15) is 0 Å². The molecule has 0 bridgehead atoms. The smallest absolute Gasteiger partial charge is 0.237 e. The standard InChI is InChI=1S/C16H28N6O/c1-3-13(2)14(17)15(23)18-7-8-21-9-11-22(12-10-21)16-19-5-4-6-20-16/h4-6,13-14H,3,7-12,17H2,1-2H3,(H,18,23). The van der Waals surface area contributed by atoms with Crippen LogP contribution in [0.5, 0.6) is 0 Å². The number of anilines is 1. The van der Waals surface area contributed by atoms with E-state index in [1.165, 1.54) is 0 Å². The summed E-state index contributed by atoms with van der Waals surface area (Å²) < 4.78 is 0. The number of nitrogens with two attached hydrogens (primary N) is 1. The van der Waals surface area contributed by atoms with Gasteiger partial charge in [0.05, 0.1) is 6.04 Å². The first-order valence-electron chi connectivity index (χ1n) is 8.39. The third kappa shape index (κ3) is 5.14. The number of aromatic nitrogens is 2. The van der Waals surface area contributed by atoms with Crippen molar-refractivity contribution in [3.63, 3.8) is 0 Å². The molecule has 2 atom stereocenters. The minimum atomic E-state index is -0.410. The van der Waals surface area contributed by atoms with E-state index in [0.29, 0.717) is 6.54 Å². The van der Waals surface area contributed by atoms with Crippen LogP contribution in [0.2, 0.25) is 0 Å². The molecule has 1 aromatic heterocycles. The normalized spacial score (nSPS) is 18.5. The number of hydrogen-bond donors (Lipinski definition) is 2. The topological polar surface area (TPSA) is 87.4 Å². The van der Waals surface area contributed by atoms with E-state index in [1.807, 2.05) is 19.9 Å². The van der Waals surface area contributed by atoms with Crippen LogP contribution in [0.25, 0.3) is 0 Å². The Morgan fingerprint density at radius 1 is 1.30 bits per heavy atom. The highest BCUT2D eigenvalue weighted by Crippen LogP contribution is 2.09. The molecule has 7 nitrogen and oxygen atoms in total. The Bertz CT molecular complexity index is 475. The van der Waals surface area contributed by atoms with E-state index in [2.05, 4.69) is 25.1 Å². The lowest BCUT2D eigenvalue weighted by atomic mass is 9.99. The Morgan fingerprint density at radius 2 is 1.96 bits per heavy atom. The number of carbonyl (C=O) groups is 1. The van der Waals surface area contributed by atoms with E-state index in [4.69, 9.17) is 5.73 Å². The van der Waals surface area contributed by atoms with Crippen LogP contribution in [-0.2, 0) is 4.79 Å². The van der Waals surface area contributed by atoms with Gasteiger partial charge in [0.1, 0.15) is 0 Å². The van der Waals surface area contributed by atoms with E-state index in [1.54, 1.807) is 12.4 Å². The zero-order chi connectivity index (χ0) is 16.7. The summed E-state index contributed by atoms with van der Waals surface area (Å²) in [6, 6.07) is 1.42. The summed E-state index contributed by atoms with van der Waals surface area (Å²) in [7, 11) is 0. The average molecular weight is 320 g/mol. The molecule has 1 aliphatic heterocycles. The van der Waals surface area contributed by atoms with Gasteiger partial charge >= 0.3 is 0 Å². The van der Waals surface area contributed by atoms with Crippen molar-refractivity contribution < 1.29 is 4.79 Å². The molecule has 0 aliphatic carbocycles. The molecule has 7 heteroatoms. The maximum Gasteiger partial charge on any atom is 0.237 e. The van der Waals surface area contributed by atoms with Crippen molar-refractivity contribution in [2.24, 2.45) is 11.7 Å². The summed E-state index contributed by atoms with van der Waals surface area (Å²) in [5.74, 6) is 0.958. The fourth-order valence-electron chi connectivity index (χ4n) is 2.59. The number of carbonyl (C=O) groups excluding carboxylic acids is 1. The van der Waals surface area contributed by atoms with Crippen LogP contribution in [-0.4, -0.2) is 66.1 Å². The Balaban J connectivity index is 1.66. The summed E-state index contributed by atoms with van der Waals surface area (Å²) in [6.45, 7) is 9.27. The number of hydrogen-bond acceptors (Lipinski definition) is 6. The lowest BCUT2D eigenvalue weighted by Crippen LogP contribution is -2.50. The largest absolute Gasteiger partial charge is 0.353 e. The molecular weight excluding hydrogens is 292 g/mol. The zero-order valence-corrected chi connectivity index (χ0v) is 14.1. The van der Waals surface area contributed by atoms with Gasteiger partial charge in [0, 0.05) is 51.7 Å². The predicted molar refractivity (Wildman–Crippen MR) is 91.1 cm³/mol. The second-order valence-electron chi connectivity index (χ2n) is 6.08. The molecular formula is C16H28N6O. The fraction of sp³-hybridized carbons (Fsp3) is 0.688. The van der Waals surface area contributed by atoms with Crippen LogP contribution in [0.3, 0.4) is 0 Å². The van der Waals surface area contributed by atoms with Gasteiger partial charge in [0.15, 0.2) is 0 Å². The summed E-state index contributed by atoms with van der Waals surface area (Å²) in [4.78, 5) is 25.0. The van der Waals surface area contributed by atoms with Crippen LogP contribution >= 0.6 is 0 Å². The summed E-state index contributed by atoms with van der Waals surface area (Å²) in [5.41, 5.74) is 5.93. The van der Waals surface area contributed by atoms with Crippen molar-refractivity contribution in [1.29, 1.82) is 0 Å². The van der Waals surface area contributed by atoms with Crippen LogP contribution < -0.4 is 16.0 Å². The Morgan fingerprint density at radius 3 is 2.57 bits per heavy atom. The minimum absolute atomic E-state index is 0.0457. The molecule has 2 unspecified atom stereocenters. The van der Waals surface area contributed by atoms with Crippen LogP contribution in [0.1, 0.15) is 20.3 Å². The first kappa shape index (κ1) is 17.6. The highest BCUT2D eigenvalue weighted by atomic mass is 16.2. The molecule has 0 radical (unpaired) electrons. The van der Waals surface area contributed by atoms with E-state index >= 15 is 0 Å². The third-order valence-electron chi connectivity index (χ3n) is 4.49. The Kier molecular flexibility index (Phi) is 6.73. The van der Waals surface area contributed by atoms with Gasteiger partial charge in [-0.15, -0.1) is 0 Å². The molecule has 2 rings (SSSR count). The predicted octanol–water partition coefficient (Wildman–Crippen LogP) is 0.0882. The first-order chi connectivity index (χ1) is 11.1. The van der Waals surface area contributed by atoms with E-state index in [-0.39, 0.29) is 11.8 Å². The van der Waals surface area contributed by atoms with Crippen LogP contribution in [0.4, 0.5) is 5.95 Å². The molecule has 0 aromatic carbocycles. The number of nitrogens with zero attached hydrogens (tertiary/aromatic N) is 4. The number of nitrogens with one attached hydrogen (secondary N) is 1. The van der Waals surface area contributed by atoms with Crippen LogP contribution in [0.15, 0.2) is 18.5 Å². The lowest BCUT2D eigenvalue weighted by Gasteiger charge is -2.34.